The fourth-order valence-electron chi connectivity index (χ4n) is 2.62. The van der Waals surface area contributed by atoms with Crippen LogP contribution in [-0.4, -0.2) is 36.4 Å². The van der Waals surface area contributed by atoms with Gasteiger partial charge in [-0.15, -0.1) is 0 Å². The van der Waals surface area contributed by atoms with E-state index in [0.717, 1.165) is 5.56 Å². The maximum absolute atomic E-state index is 13.1. The second-order valence-corrected chi connectivity index (χ2v) is 5.79. The standard InChI is InChI=1S/C20H23FN2O3/c1-3-18(20(25)22-2)23(13-15-9-11-16(21)12-10-15)19(24)14-26-17-7-5-4-6-8-17/h4-12,18H,3,13-14H2,1-2H3,(H,22,25)/t18-/m0/s1. The molecule has 0 heterocycles. The average molecular weight is 358 g/mol. The molecular formula is C20H23FN2O3. The molecule has 0 unspecified atom stereocenters. The van der Waals surface area contributed by atoms with Crippen LogP contribution < -0.4 is 10.1 Å². The number of halogens is 1. The number of ether oxygens (including phenoxy) is 1. The van der Waals surface area contributed by atoms with Crippen molar-refractivity contribution in [1.82, 2.24) is 10.2 Å². The molecule has 2 rings (SSSR count). The van der Waals surface area contributed by atoms with E-state index in [0.29, 0.717) is 12.2 Å². The molecule has 2 amide bonds. The number of para-hydroxylation sites is 1. The van der Waals surface area contributed by atoms with Gasteiger partial charge in [-0.05, 0) is 36.2 Å². The molecule has 1 N–H and O–H groups in total. The molecule has 0 fully saturated rings. The number of likely N-dealkylation sites (N-methyl/N-ethyl adjacent to an activating group) is 1. The smallest absolute Gasteiger partial charge is 0.261 e. The van der Waals surface area contributed by atoms with Gasteiger partial charge in [0.1, 0.15) is 17.6 Å². The molecule has 0 aliphatic carbocycles. The first-order chi connectivity index (χ1) is 12.5. The van der Waals surface area contributed by atoms with Crippen molar-refractivity contribution in [2.45, 2.75) is 25.9 Å². The van der Waals surface area contributed by atoms with Gasteiger partial charge in [-0.1, -0.05) is 37.3 Å². The number of nitrogens with zero attached hydrogens (tertiary/aromatic N) is 1. The number of carbonyl (C=O) groups excluding carboxylic acids is 2. The van der Waals surface area contributed by atoms with E-state index in [1.165, 1.54) is 24.1 Å². The molecule has 0 aliphatic heterocycles. The fourth-order valence-corrected chi connectivity index (χ4v) is 2.62. The minimum absolute atomic E-state index is 0.182. The minimum atomic E-state index is -0.628. The molecule has 0 bridgehead atoms. The molecule has 138 valence electrons. The predicted octanol–water partition coefficient (Wildman–Crippen LogP) is 2.76. The molecule has 0 spiro atoms. The molecule has 2 aromatic carbocycles. The lowest BCUT2D eigenvalue weighted by atomic mass is 10.1. The third-order valence-corrected chi connectivity index (χ3v) is 4.00. The van der Waals surface area contributed by atoms with Gasteiger partial charge in [-0.25, -0.2) is 4.39 Å². The quantitative estimate of drug-likeness (QED) is 0.789. The van der Waals surface area contributed by atoms with E-state index >= 15 is 0 Å². The van der Waals surface area contributed by atoms with E-state index in [2.05, 4.69) is 5.32 Å². The molecule has 0 aromatic heterocycles. The summed E-state index contributed by atoms with van der Waals surface area (Å²) in [4.78, 5) is 26.4. The van der Waals surface area contributed by atoms with Gasteiger partial charge in [0.05, 0.1) is 0 Å². The number of hydrogen-bond acceptors (Lipinski definition) is 3. The van der Waals surface area contributed by atoms with Crippen molar-refractivity contribution in [3.05, 3.63) is 66.0 Å². The van der Waals surface area contributed by atoms with Gasteiger partial charge in [-0.3, -0.25) is 9.59 Å². The van der Waals surface area contributed by atoms with Crippen LogP contribution in [0.4, 0.5) is 4.39 Å². The molecule has 0 radical (unpaired) electrons. The molecule has 1 atom stereocenters. The normalized spacial score (nSPS) is 11.5. The van der Waals surface area contributed by atoms with Crippen molar-refractivity contribution in [3.63, 3.8) is 0 Å². The summed E-state index contributed by atoms with van der Waals surface area (Å²) in [5.74, 6) is -0.329. The summed E-state index contributed by atoms with van der Waals surface area (Å²) >= 11 is 0. The molecule has 2 aromatic rings. The zero-order valence-corrected chi connectivity index (χ0v) is 14.9. The summed E-state index contributed by atoms with van der Waals surface area (Å²) in [6.07, 6.45) is 0.456. The first-order valence-corrected chi connectivity index (χ1v) is 8.48. The maximum atomic E-state index is 13.1. The molecule has 0 saturated heterocycles. The van der Waals surface area contributed by atoms with Gasteiger partial charge in [-0.2, -0.15) is 0 Å². The SMILES string of the molecule is CC[C@@H](C(=O)NC)N(Cc1ccc(F)cc1)C(=O)COc1ccccc1. The van der Waals surface area contributed by atoms with Crippen LogP contribution >= 0.6 is 0 Å². The van der Waals surface area contributed by atoms with Crippen molar-refractivity contribution in [2.24, 2.45) is 0 Å². The Bertz CT molecular complexity index is 720. The zero-order valence-electron chi connectivity index (χ0n) is 14.9. The number of amides is 2. The van der Waals surface area contributed by atoms with Crippen molar-refractivity contribution >= 4 is 11.8 Å². The van der Waals surface area contributed by atoms with Gasteiger partial charge in [0.2, 0.25) is 5.91 Å². The Morgan fingerprint density at radius 1 is 1.12 bits per heavy atom. The highest BCUT2D eigenvalue weighted by Gasteiger charge is 2.28. The predicted molar refractivity (Wildman–Crippen MR) is 97.0 cm³/mol. The van der Waals surface area contributed by atoms with E-state index in [4.69, 9.17) is 4.74 Å². The third kappa shape index (κ3) is 5.31. The van der Waals surface area contributed by atoms with Crippen molar-refractivity contribution < 1.29 is 18.7 Å². The highest BCUT2D eigenvalue weighted by atomic mass is 19.1. The molecule has 6 heteroatoms. The van der Waals surface area contributed by atoms with E-state index < -0.39 is 6.04 Å². The van der Waals surface area contributed by atoms with E-state index in [9.17, 15) is 14.0 Å². The highest BCUT2D eigenvalue weighted by molar-refractivity contribution is 5.88. The lowest BCUT2D eigenvalue weighted by Crippen LogP contribution is -2.49. The molecule has 5 nitrogen and oxygen atoms in total. The number of carbonyl (C=O) groups is 2. The van der Waals surface area contributed by atoms with Crippen LogP contribution in [-0.2, 0) is 16.1 Å². The average Bonchev–Trinajstić information content (AvgIpc) is 2.68. The molecule has 26 heavy (non-hydrogen) atoms. The largest absolute Gasteiger partial charge is 0.484 e. The summed E-state index contributed by atoms with van der Waals surface area (Å²) in [5, 5.41) is 2.59. The second kappa shape index (κ2) is 9.56. The monoisotopic (exact) mass is 358 g/mol. The van der Waals surface area contributed by atoms with Crippen molar-refractivity contribution in [3.8, 4) is 5.75 Å². The van der Waals surface area contributed by atoms with Crippen LogP contribution in [0.15, 0.2) is 54.6 Å². The molecular weight excluding hydrogens is 335 g/mol. The highest BCUT2D eigenvalue weighted by Crippen LogP contribution is 2.14. The summed E-state index contributed by atoms with van der Waals surface area (Å²) in [6, 6.07) is 14.2. The Hall–Kier alpha value is -2.89. The lowest BCUT2D eigenvalue weighted by Gasteiger charge is -2.30. The van der Waals surface area contributed by atoms with Crippen molar-refractivity contribution in [1.29, 1.82) is 0 Å². The Kier molecular flexibility index (Phi) is 7.14. The van der Waals surface area contributed by atoms with Crippen LogP contribution in [0.2, 0.25) is 0 Å². The Morgan fingerprint density at radius 2 is 1.77 bits per heavy atom. The van der Waals surface area contributed by atoms with Crippen LogP contribution in [0.1, 0.15) is 18.9 Å². The summed E-state index contributed by atoms with van der Waals surface area (Å²) in [7, 11) is 1.53. The Balaban J connectivity index is 2.16. The van der Waals surface area contributed by atoms with Crippen LogP contribution in [0, 0.1) is 5.82 Å². The molecule has 0 saturated carbocycles. The Morgan fingerprint density at radius 3 is 2.35 bits per heavy atom. The Labute approximate surface area is 152 Å². The van der Waals surface area contributed by atoms with Crippen LogP contribution in [0.5, 0.6) is 5.75 Å². The lowest BCUT2D eigenvalue weighted by molar-refractivity contribution is -0.142. The van der Waals surface area contributed by atoms with Gasteiger partial charge >= 0.3 is 0 Å². The van der Waals surface area contributed by atoms with Gasteiger partial charge in [0, 0.05) is 13.6 Å². The van der Waals surface area contributed by atoms with Gasteiger partial charge < -0.3 is 15.0 Å². The zero-order chi connectivity index (χ0) is 18.9. The topological polar surface area (TPSA) is 58.6 Å². The van der Waals surface area contributed by atoms with Gasteiger partial charge in [0.25, 0.3) is 5.91 Å². The third-order valence-electron chi connectivity index (χ3n) is 4.00. The number of hydrogen-bond donors (Lipinski definition) is 1. The molecule has 0 aliphatic rings. The summed E-state index contributed by atoms with van der Waals surface area (Å²) < 4.78 is 18.7. The summed E-state index contributed by atoms with van der Waals surface area (Å²) in [5.41, 5.74) is 0.738. The second-order valence-electron chi connectivity index (χ2n) is 5.79. The summed E-state index contributed by atoms with van der Waals surface area (Å²) in [6.45, 7) is 1.85. The first kappa shape index (κ1) is 19.4. The van der Waals surface area contributed by atoms with Crippen molar-refractivity contribution in [2.75, 3.05) is 13.7 Å². The number of benzene rings is 2. The van der Waals surface area contributed by atoms with E-state index in [1.807, 2.05) is 25.1 Å². The van der Waals surface area contributed by atoms with E-state index in [-0.39, 0.29) is 30.8 Å². The van der Waals surface area contributed by atoms with E-state index in [1.54, 1.807) is 24.3 Å². The number of nitrogens with one attached hydrogen (secondary N) is 1. The van der Waals surface area contributed by atoms with Gasteiger partial charge in [0.15, 0.2) is 6.61 Å². The maximum Gasteiger partial charge on any atom is 0.261 e. The van der Waals surface area contributed by atoms with Crippen LogP contribution in [0.25, 0.3) is 0 Å². The minimum Gasteiger partial charge on any atom is -0.484 e. The number of rotatable bonds is 8. The van der Waals surface area contributed by atoms with Crippen LogP contribution in [0.3, 0.4) is 0 Å². The fraction of sp³-hybridized carbons (Fsp3) is 0.300. The first-order valence-electron chi connectivity index (χ1n) is 8.48.